The first-order valence-corrected chi connectivity index (χ1v) is 15.8. The Hall–Kier alpha value is -1.29. The number of phosphoric ester groups is 1. The maximum atomic E-state index is 12.2. The molecule has 1 heterocycles. The summed E-state index contributed by atoms with van der Waals surface area (Å²) in [5.41, 5.74) is 5.28. The maximum absolute atomic E-state index is 12.2. The molecule has 0 aromatic carbocycles. The molecule has 0 radical (unpaired) electrons. The zero-order chi connectivity index (χ0) is 28.1. The molecule has 0 aromatic rings. The maximum Gasteiger partial charge on any atom is 0.472 e. The number of ether oxygens (including phenoxy) is 2. The standard InChI is InChI=1S/C27H50NO9P/c1-2-3-4-5-6-7-8-9-10-11-12-13-14-15-16-19-26(29)35-22-25-24(18-17-20-34-25)37-38(32,33)36-21-23(28)27(30)31/h9-10,23-25H,2-8,11-22,28H2,1H3,(H,30,31)(H,32,33)/b10-9-/t23-,24-,25+/m0/s1. The number of carboxylic acids is 1. The Labute approximate surface area is 228 Å². The molecule has 1 aliphatic heterocycles. The minimum absolute atomic E-state index is 0.0940. The average Bonchev–Trinajstić information content (AvgIpc) is 2.88. The molecule has 1 aliphatic rings. The third-order valence-electron chi connectivity index (χ3n) is 6.43. The molecular weight excluding hydrogens is 513 g/mol. The molecule has 1 fully saturated rings. The molecule has 4 atom stereocenters. The molecule has 0 saturated carbocycles. The highest BCUT2D eigenvalue weighted by Gasteiger charge is 2.36. The number of hydrogen-bond donors (Lipinski definition) is 3. The van der Waals surface area contributed by atoms with Gasteiger partial charge in [0.25, 0.3) is 0 Å². The van der Waals surface area contributed by atoms with Gasteiger partial charge in [0.1, 0.15) is 18.8 Å². The van der Waals surface area contributed by atoms with Crippen LogP contribution in [0, 0.1) is 0 Å². The third kappa shape index (κ3) is 18.1. The Bertz CT molecular complexity index is 719. The summed E-state index contributed by atoms with van der Waals surface area (Å²) in [4.78, 5) is 32.8. The molecular formula is C27H50NO9P. The summed E-state index contributed by atoms with van der Waals surface area (Å²) in [5.74, 6) is -1.70. The van der Waals surface area contributed by atoms with Crippen molar-refractivity contribution < 1.29 is 42.7 Å². The van der Waals surface area contributed by atoms with Crippen molar-refractivity contribution in [2.75, 3.05) is 19.8 Å². The van der Waals surface area contributed by atoms with E-state index in [0.29, 0.717) is 25.9 Å². The molecule has 0 bridgehead atoms. The van der Waals surface area contributed by atoms with Gasteiger partial charge < -0.3 is 25.2 Å². The number of carboxylic acid groups (broad SMARTS) is 1. The van der Waals surface area contributed by atoms with Crippen LogP contribution in [-0.4, -0.2) is 60.0 Å². The number of allylic oxidation sites excluding steroid dienone is 2. The van der Waals surface area contributed by atoms with Crippen LogP contribution in [0.4, 0.5) is 0 Å². The Balaban J connectivity index is 2.11. The van der Waals surface area contributed by atoms with E-state index in [1.54, 1.807) is 0 Å². The molecule has 0 aliphatic carbocycles. The Morgan fingerprint density at radius 1 is 1.03 bits per heavy atom. The van der Waals surface area contributed by atoms with Crippen LogP contribution >= 0.6 is 7.82 Å². The Morgan fingerprint density at radius 2 is 1.63 bits per heavy atom. The van der Waals surface area contributed by atoms with E-state index in [1.165, 1.54) is 51.4 Å². The molecule has 11 heteroatoms. The van der Waals surface area contributed by atoms with Crippen molar-refractivity contribution in [2.45, 2.75) is 128 Å². The van der Waals surface area contributed by atoms with Crippen molar-refractivity contribution in [1.29, 1.82) is 0 Å². The predicted octanol–water partition coefficient (Wildman–Crippen LogP) is 5.66. The summed E-state index contributed by atoms with van der Waals surface area (Å²) in [7, 11) is -4.55. The first kappa shape index (κ1) is 34.7. The zero-order valence-corrected chi connectivity index (χ0v) is 24.0. The number of unbranched alkanes of at least 4 members (excludes halogenated alkanes) is 11. The summed E-state index contributed by atoms with van der Waals surface area (Å²) < 4.78 is 32.9. The van der Waals surface area contributed by atoms with Gasteiger partial charge in [-0.25, -0.2) is 4.57 Å². The van der Waals surface area contributed by atoms with Gasteiger partial charge in [0.2, 0.25) is 0 Å². The smallest absolute Gasteiger partial charge is 0.472 e. The van der Waals surface area contributed by atoms with Gasteiger partial charge in [0, 0.05) is 13.0 Å². The summed E-state index contributed by atoms with van der Waals surface area (Å²) in [6, 6.07) is -1.45. The number of carbonyl (C=O) groups excluding carboxylic acids is 1. The van der Waals surface area contributed by atoms with Crippen LogP contribution in [0.2, 0.25) is 0 Å². The van der Waals surface area contributed by atoms with E-state index in [4.69, 9.17) is 24.8 Å². The Kier molecular flexibility index (Phi) is 19.7. The van der Waals surface area contributed by atoms with Crippen molar-refractivity contribution in [2.24, 2.45) is 5.73 Å². The van der Waals surface area contributed by atoms with Crippen molar-refractivity contribution >= 4 is 19.8 Å². The van der Waals surface area contributed by atoms with E-state index in [1.807, 2.05) is 0 Å². The van der Waals surface area contributed by atoms with Crippen LogP contribution in [0.15, 0.2) is 12.2 Å². The summed E-state index contributed by atoms with van der Waals surface area (Å²) in [6.07, 6.45) is 19.8. The number of aliphatic carboxylic acids is 1. The topological polar surface area (TPSA) is 155 Å². The molecule has 38 heavy (non-hydrogen) atoms. The first-order chi connectivity index (χ1) is 18.2. The number of esters is 1. The van der Waals surface area contributed by atoms with Gasteiger partial charge in [-0.15, -0.1) is 0 Å². The summed E-state index contributed by atoms with van der Waals surface area (Å²) in [5, 5.41) is 8.76. The van der Waals surface area contributed by atoms with Crippen LogP contribution in [0.5, 0.6) is 0 Å². The summed E-state index contributed by atoms with van der Waals surface area (Å²) in [6.45, 7) is 1.89. The van der Waals surface area contributed by atoms with Crippen LogP contribution in [-0.2, 0) is 32.7 Å². The van der Waals surface area contributed by atoms with Gasteiger partial charge in [0.05, 0.1) is 12.7 Å². The molecule has 0 spiro atoms. The lowest BCUT2D eigenvalue weighted by Gasteiger charge is -2.32. The molecule has 0 amide bonds. The van der Waals surface area contributed by atoms with Gasteiger partial charge in [-0.05, 0) is 44.9 Å². The zero-order valence-electron chi connectivity index (χ0n) is 23.1. The number of hydrogen-bond acceptors (Lipinski definition) is 8. The van der Waals surface area contributed by atoms with E-state index in [-0.39, 0.29) is 12.6 Å². The minimum atomic E-state index is -4.55. The quantitative estimate of drug-likeness (QED) is 0.0614. The predicted molar refractivity (Wildman–Crippen MR) is 146 cm³/mol. The second-order valence-corrected chi connectivity index (χ2v) is 11.3. The van der Waals surface area contributed by atoms with Crippen LogP contribution < -0.4 is 5.73 Å². The third-order valence-corrected chi connectivity index (χ3v) is 7.45. The van der Waals surface area contributed by atoms with Crippen LogP contribution in [0.3, 0.4) is 0 Å². The van der Waals surface area contributed by atoms with Crippen molar-refractivity contribution in [3.63, 3.8) is 0 Å². The van der Waals surface area contributed by atoms with Crippen LogP contribution in [0.25, 0.3) is 0 Å². The first-order valence-electron chi connectivity index (χ1n) is 14.3. The minimum Gasteiger partial charge on any atom is -0.480 e. The fourth-order valence-corrected chi connectivity index (χ4v) is 5.12. The van der Waals surface area contributed by atoms with E-state index in [0.717, 1.165) is 32.1 Å². The number of phosphoric acid groups is 1. The van der Waals surface area contributed by atoms with E-state index >= 15 is 0 Å². The van der Waals surface area contributed by atoms with Gasteiger partial charge in [-0.2, -0.15) is 0 Å². The SMILES string of the molecule is CCCCCCCC/C=C\CCCCCCCC(=O)OC[C@H]1OCCC[C@@H]1OP(=O)(O)OC[C@H](N)C(=O)O. The van der Waals surface area contributed by atoms with Crippen LogP contribution in [0.1, 0.15) is 110 Å². The largest absolute Gasteiger partial charge is 0.480 e. The van der Waals surface area contributed by atoms with Gasteiger partial charge in [-0.1, -0.05) is 70.4 Å². The highest BCUT2D eigenvalue weighted by Crippen LogP contribution is 2.46. The lowest BCUT2D eigenvalue weighted by molar-refractivity contribution is -0.154. The number of nitrogens with two attached hydrogens (primary N) is 1. The lowest BCUT2D eigenvalue weighted by Crippen LogP contribution is -2.40. The molecule has 1 saturated heterocycles. The highest BCUT2D eigenvalue weighted by atomic mass is 31.2. The molecule has 1 unspecified atom stereocenters. The van der Waals surface area contributed by atoms with Gasteiger partial charge in [0.15, 0.2) is 0 Å². The highest BCUT2D eigenvalue weighted by molar-refractivity contribution is 7.47. The van der Waals surface area contributed by atoms with Gasteiger partial charge >= 0.3 is 19.8 Å². The normalized spacial score (nSPS) is 20.3. The molecule has 222 valence electrons. The fraction of sp³-hybridized carbons (Fsp3) is 0.852. The Morgan fingerprint density at radius 3 is 2.26 bits per heavy atom. The van der Waals surface area contributed by atoms with E-state index in [9.17, 15) is 19.0 Å². The van der Waals surface area contributed by atoms with E-state index < -0.39 is 38.6 Å². The fourth-order valence-electron chi connectivity index (χ4n) is 4.12. The second kappa shape index (κ2) is 21.5. The monoisotopic (exact) mass is 563 g/mol. The number of carbonyl (C=O) groups is 2. The molecule has 1 rings (SSSR count). The van der Waals surface area contributed by atoms with Crippen molar-refractivity contribution in [3.8, 4) is 0 Å². The molecule has 10 nitrogen and oxygen atoms in total. The van der Waals surface area contributed by atoms with Crippen molar-refractivity contribution in [1.82, 2.24) is 0 Å². The summed E-state index contributed by atoms with van der Waals surface area (Å²) >= 11 is 0. The molecule has 0 aromatic heterocycles. The number of rotatable bonds is 23. The van der Waals surface area contributed by atoms with Gasteiger partial charge in [-0.3, -0.25) is 18.6 Å². The molecule has 4 N–H and O–H groups in total. The van der Waals surface area contributed by atoms with E-state index in [2.05, 4.69) is 23.6 Å². The average molecular weight is 564 g/mol. The van der Waals surface area contributed by atoms with Crippen molar-refractivity contribution in [3.05, 3.63) is 12.2 Å². The second-order valence-electron chi connectivity index (χ2n) is 9.92. The lowest BCUT2D eigenvalue weighted by atomic mass is 10.1.